The highest BCUT2D eigenvalue weighted by Crippen LogP contribution is 2.66. The predicted molar refractivity (Wildman–Crippen MR) is 356 cm³/mol. The molecule has 0 unspecified atom stereocenters. The first-order valence-corrected chi connectivity index (χ1v) is 31.6. The third-order valence-electron chi connectivity index (χ3n) is 18.0. The molecule has 0 aromatic heterocycles. The van der Waals surface area contributed by atoms with E-state index in [0.717, 1.165) is 22.3 Å². The molecule has 0 heterocycles. The van der Waals surface area contributed by atoms with Crippen molar-refractivity contribution >= 4 is 110 Å². The summed E-state index contributed by atoms with van der Waals surface area (Å²) in [6.07, 6.45) is 0.347. The Labute approximate surface area is 545 Å². The number of halogens is 8. The van der Waals surface area contributed by atoms with Crippen LogP contribution < -0.4 is 0 Å². The van der Waals surface area contributed by atoms with Crippen LogP contribution in [0.5, 0.6) is 46.0 Å². The van der Waals surface area contributed by atoms with Gasteiger partial charge in [-0.25, -0.2) is 0 Å². The van der Waals surface area contributed by atoms with Gasteiger partial charge < -0.3 is 40.9 Å². The smallest absolute Gasteiger partial charge is 0.152 e. The molecule has 442 valence electrons. The number of rotatable bonds is 15. The maximum absolute atomic E-state index is 11.7. The summed E-state index contributed by atoms with van der Waals surface area (Å²) in [6.45, 7) is 23.4. The number of benzene rings is 8. The first-order valence-electron chi connectivity index (χ1n) is 26.9. The molecule has 0 spiro atoms. The van der Waals surface area contributed by atoms with E-state index in [1.54, 1.807) is 24.3 Å². The Balaban J connectivity index is 1.73. The fourth-order valence-corrected chi connectivity index (χ4v) is 16.7. The number of phenols is 8. The van der Waals surface area contributed by atoms with Crippen LogP contribution in [0.2, 0.25) is 20.1 Å². The predicted octanol–water partition coefficient (Wildman–Crippen LogP) is 20.9. The van der Waals surface area contributed by atoms with Gasteiger partial charge in [0.2, 0.25) is 0 Å². The van der Waals surface area contributed by atoms with Gasteiger partial charge in [-0.05, 0) is 281 Å². The Hall–Kier alpha value is -4.76. The number of hydrogen-bond acceptors (Lipinski definition) is 8. The van der Waals surface area contributed by atoms with Crippen molar-refractivity contribution < 1.29 is 40.9 Å². The van der Waals surface area contributed by atoms with Gasteiger partial charge in [-0.3, -0.25) is 0 Å². The highest BCUT2D eigenvalue weighted by atomic mass is 79.9. The molecule has 0 aliphatic rings. The summed E-state index contributed by atoms with van der Waals surface area (Å²) in [4.78, 5) is 0. The molecular formula is C68H66Br4Cl4O8. The summed E-state index contributed by atoms with van der Waals surface area (Å²) in [5.41, 5.74) is 4.06. The van der Waals surface area contributed by atoms with Crippen molar-refractivity contribution in [3.63, 3.8) is 0 Å². The van der Waals surface area contributed by atoms with Crippen LogP contribution >= 0.6 is 110 Å². The van der Waals surface area contributed by atoms with E-state index < -0.39 is 27.1 Å². The van der Waals surface area contributed by atoms with Crippen molar-refractivity contribution in [3.8, 4) is 46.0 Å². The van der Waals surface area contributed by atoms with Gasteiger partial charge in [0.1, 0.15) is 34.5 Å². The van der Waals surface area contributed by atoms with Crippen LogP contribution in [0, 0.1) is 60.8 Å². The lowest BCUT2D eigenvalue weighted by atomic mass is 9.44. The molecule has 0 radical (unpaired) electrons. The van der Waals surface area contributed by atoms with Gasteiger partial charge in [-0.15, -0.1) is 0 Å². The van der Waals surface area contributed by atoms with Gasteiger partial charge in [0.05, 0.1) is 38.0 Å². The highest BCUT2D eigenvalue weighted by molar-refractivity contribution is 9.11. The van der Waals surface area contributed by atoms with E-state index >= 15 is 0 Å². The molecular weight excluding hydrogens is 1410 g/mol. The van der Waals surface area contributed by atoms with E-state index in [2.05, 4.69) is 91.4 Å². The number of aryl methyl sites for hydroxylation is 8. The molecule has 0 saturated heterocycles. The molecule has 0 bridgehead atoms. The minimum absolute atomic E-state index is 0.00731. The van der Waals surface area contributed by atoms with Gasteiger partial charge in [0.25, 0.3) is 0 Å². The highest BCUT2D eigenvalue weighted by Gasteiger charge is 2.60. The first-order chi connectivity index (χ1) is 38.9. The van der Waals surface area contributed by atoms with Crippen LogP contribution in [0.4, 0.5) is 0 Å². The maximum Gasteiger partial charge on any atom is 0.152 e. The topological polar surface area (TPSA) is 162 Å². The summed E-state index contributed by atoms with van der Waals surface area (Å²) in [5, 5.41) is 92.5. The molecule has 16 heteroatoms. The first kappa shape index (κ1) is 65.2. The Kier molecular flexibility index (Phi) is 18.4. The standard InChI is InChI=1S/C68H66Br4Cl4O8/c1-32-13-40(14-33(2)56(32)77)65(10,41-15-34(3)57(78)35(4)16-41)29-64(9,30-66(11,42-17-36(5)58(79)37(6)18-42)43-19-38(7)59(80)39(8)20-43)68(46-25-52(73)62(83)53(74)26-46,47-27-54(75)63(84)55(76)28-47)31-67(12,44-21-48(69)60(81)49(70)22-44)45-23-50(71)61(82)51(72)24-45/h13-28,77-84H,29-31H2,1-12H3. The molecule has 84 heavy (non-hydrogen) atoms. The van der Waals surface area contributed by atoms with Crippen molar-refractivity contribution in [1.82, 2.24) is 0 Å². The van der Waals surface area contributed by atoms with E-state index in [9.17, 15) is 40.9 Å². The zero-order valence-electron chi connectivity index (χ0n) is 48.5. The van der Waals surface area contributed by atoms with Crippen molar-refractivity contribution in [2.75, 3.05) is 0 Å². The van der Waals surface area contributed by atoms with Crippen molar-refractivity contribution in [2.45, 2.75) is 124 Å². The van der Waals surface area contributed by atoms with Crippen LogP contribution in [0.1, 0.15) is 136 Å². The third kappa shape index (κ3) is 11.4. The van der Waals surface area contributed by atoms with Gasteiger partial charge in [-0.2, -0.15) is 0 Å². The fraction of sp³-hybridized carbons (Fsp3) is 0.294. The van der Waals surface area contributed by atoms with E-state index in [-0.39, 0.29) is 85.3 Å². The molecule has 8 aromatic rings. The van der Waals surface area contributed by atoms with Gasteiger partial charge >= 0.3 is 0 Å². The molecule has 8 rings (SSSR count). The molecule has 8 N–H and O–H groups in total. The maximum atomic E-state index is 11.7. The SMILES string of the molecule is Cc1cc(C(C)(CC(C)(CC(C)(c2cc(C)c(O)c(C)c2)c2cc(C)c(O)c(C)c2)C(CC(C)(c2cc(Br)c(O)c(Br)c2)c2cc(Br)c(O)c(Br)c2)(c2cc(Cl)c(O)c(Cl)c2)c2cc(Cl)c(O)c(Cl)c2)c2cc(C)c(O)c(C)c2)cc(C)c1O. The van der Waals surface area contributed by atoms with E-state index in [0.29, 0.717) is 84.7 Å². The summed E-state index contributed by atoms with van der Waals surface area (Å²) in [7, 11) is 0. The molecule has 0 amide bonds. The second-order valence-electron chi connectivity index (χ2n) is 24.0. The number of phenolic OH excluding ortho intramolecular Hbond substituents is 8. The normalized spacial score (nSPS) is 12.6. The minimum Gasteiger partial charge on any atom is -0.507 e. The zero-order valence-corrected chi connectivity index (χ0v) is 57.8. The quantitative estimate of drug-likeness (QED) is 0.0503. The average Bonchev–Trinajstić information content (AvgIpc) is 0.725. The fourth-order valence-electron chi connectivity index (χ4n) is 13.3. The minimum atomic E-state index is -1.62. The van der Waals surface area contributed by atoms with Crippen LogP contribution in [0.25, 0.3) is 0 Å². The molecule has 0 aliphatic heterocycles. The van der Waals surface area contributed by atoms with Crippen LogP contribution in [0.15, 0.2) is 115 Å². The third-order valence-corrected chi connectivity index (χ3v) is 21.5. The Morgan fingerprint density at radius 2 is 0.464 bits per heavy atom. The van der Waals surface area contributed by atoms with E-state index in [4.69, 9.17) is 46.4 Å². The second kappa shape index (κ2) is 23.7. The summed E-state index contributed by atoms with van der Waals surface area (Å²) in [5.74, 6) is -0.308. The zero-order chi connectivity index (χ0) is 62.4. The lowest BCUT2D eigenvalue weighted by molar-refractivity contribution is 0.0731. The van der Waals surface area contributed by atoms with Crippen LogP contribution in [-0.2, 0) is 21.7 Å². The Bertz CT molecular complexity index is 3450. The van der Waals surface area contributed by atoms with Gasteiger partial charge in [0.15, 0.2) is 11.5 Å². The molecule has 0 aliphatic carbocycles. The number of hydrogen-bond donors (Lipinski definition) is 8. The summed E-state index contributed by atoms with van der Waals surface area (Å²) >= 11 is 44.0. The lowest BCUT2D eigenvalue weighted by Gasteiger charge is -2.59. The molecule has 0 saturated carbocycles. The van der Waals surface area contributed by atoms with Crippen molar-refractivity contribution in [3.05, 3.63) is 224 Å². The van der Waals surface area contributed by atoms with Crippen LogP contribution in [0.3, 0.4) is 0 Å². The van der Waals surface area contributed by atoms with Crippen molar-refractivity contribution in [1.29, 1.82) is 0 Å². The Morgan fingerprint density at radius 1 is 0.274 bits per heavy atom. The van der Waals surface area contributed by atoms with E-state index in [1.165, 1.54) is 0 Å². The molecule has 8 aromatic carbocycles. The van der Waals surface area contributed by atoms with Crippen LogP contribution in [-0.4, -0.2) is 40.9 Å². The van der Waals surface area contributed by atoms with Gasteiger partial charge in [0, 0.05) is 21.7 Å². The van der Waals surface area contributed by atoms with E-state index in [1.807, 2.05) is 128 Å². The molecule has 8 nitrogen and oxygen atoms in total. The van der Waals surface area contributed by atoms with Crippen molar-refractivity contribution in [2.24, 2.45) is 5.41 Å². The average molecular weight is 1470 g/mol. The lowest BCUT2D eigenvalue weighted by Crippen LogP contribution is -2.54. The largest absolute Gasteiger partial charge is 0.507 e. The second-order valence-corrected chi connectivity index (χ2v) is 29.0. The van der Waals surface area contributed by atoms with Gasteiger partial charge in [-0.1, -0.05) is 123 Å². The summed E-state index contributed by atoms with van der Waals surface area (Å²) < 4.78 is 1.45. The molecule has 0 atom stereocenters. The Morgan fingerprint density at radius 3 is 0.679 bits per heavy atom. The number of aromatic hydroxyl groups is 8. The summed E-state index contributed by atoms with van der Waals surface area (Å²) in [6, 6.07) is 30.1. The monoisotopic (exact) mass is 1470 g/mol. The molecule has 0 fully saturated rings.